The molecule has 22 heavy (non-hydrogen) atoms. The predicted octanol–water partition coefficient (Wildman–Crippen LogP) is 3.43. The van der Waals surface area contributed by atoms with Gasteiger partial charge >= 0.3 is 0 Å². The molecule has 0 aliphatic heterocycles. The minimum Gasteiger partial charge on any atom is -0.496 e. The molecule has 2 aromatic carbocycles. The first-order chi connectivity index (χ1) is 10.6. The summed E-state index contributed by atoms with van der Waals surface area (Å²) in [6.07, 6.45) is 2.95. The molecule has 114 valence electrons. The highest BCUT2D eigenvalue weighted by atomic mass is 35.5. The number of carbonyl (C=O) groups excluding carboxylic acids is 1. The van der Waals surface area contributed by atoms with Crippen molar-refractivity contribution in [2.75, 3.05) is 7.11 Å². The molecule has 2 rings (SSSR count). The van der Waals surface area contributed by atoms with Crippen LogP contribution in [-0.4, -0.2) is 13.0 Å². The highest BCUT2D eigenvalue weighted by Crippen LogP contribution is 2.24. The van der Waals surface area contributed by atoms with Crippen LogP contribution >= 0.6 is 11.6 Å². The second-order valence-corrected chi connectivity index (χ2v) is 4.99. The van der Waals surface area contributed by atoms with Crippen LogP contribution in [0.4, 0.5) is 0 Å². The third-order valence-corrected chi connectivity index (χ3v) is 3.17. The first-order valence-corrected chi connectivity index (χ1v) is 6.99. The molecule has 0 heterocycles. The van der Waals surface area contributed by atoms with Gasteiger partial charge in [0.1, 0.15) is 18.1 Å². The third kappa shape index (κ3) is 4.53. The number of hydrogen-bond donors (Lipinski definition) is 1. The van der Waals surface area contributed by atoms with Gasteiger partial charge in [0.15, 0.2) is 0 Å². The Morgan fingerprint density at radius 1 is 1.27 bits per heavy atom. The smallest absolute Gasteiger partial charge is 0.241 e. The second-order valence-electron chi connectivity index (χ2n) is 4.55. The van der Waals surface area contributed by atoms with E-state index < -0.39 is 5.91 Å². The summed E-state index contributed by atoms with van der Waals surface area (Å²) in [6, 6.07) is 12.7. The van der Waals surface area contributed by atoms with Crippen LogP contribution in [0.2, 0.25) is 5.02 Å². The van der Waals surface area contributed by atoms with E-state index in [9.17, 15) is 4.79 Å². The van der Waals surface area contributed by atoms with Crippen LogP contribution in [0.3, 0.4) is 0 Å². The molecule has 5 heteroatoms. The van der Waals surface area contributed by atoms with Crippen molar-refractivity contribution >= 4 is 23.6 Å². The van der Waals surface area contributed by atoms with E-state index in [-0.39, 0.29) is 0 Å². The predicted molar refractivity (Wildman–Crippen MR) is 87.0 cm³/mol. The van der Waals surface area contributed by atoms with Crippen LogP contribution in [0.25, 0.3) is 6.08 Å². The topological polar surface area (TPSA) is 61.5 Å². The maximum Gasteiger partial charge on any atom is 0.241 e. The summed E-state index contributed by atoms with van der Waals surface area (Å²) in [4.78, 5) is 10.8. The van der Waals surface area contributed by atoms with Gasteiger partial charge in [0, 0.05) is 16.7 Å². The van der Waals surface area contributed by atoms with E-state index in [1.54, 1.807) is 25.3 Å². The van der Waals surface area contributed by atoms with Gasteiger partial charge in [-0.25, -0.2) is 0 Å². The fourth-order valence-corrected chi connectivity index (χ4v) is 2.09. The lowest BCUT2D eigenvalue weighted by Gasteiger charge is -2.11. The van der Waals surface area contributed by atoms with Crippen LogP contribution < -0.4 is 15.2 Å². The molecule has 0 saturated heterocycles. The Bertz CT molecular complexity index is 698. The number of nitrogens with two attached hydrogens (primary N) is 1. The van der Waals surface area contributed by atoms with Gasteiger partial charge in [-0.3, -0.25) is 4.79 Å². The molecule has 0 aromatic heterocycles. The van der Waals surface area contributed by atoms with Gasteiger partial charge in [0.25, 0.3) is 0 Å². The summed E-state index contributed by atoms with van der Waals surface area (Å²) in [6.45, 7) is 0.321. The van der Waals surface area contributed by atoms with Crippen molar-refractivity contribution in [1.29, 1.82) is 0 Å². The lowest BCUT2D eigenvalue weighted by molar-refractivity contribution is -0.113. The lowest BCUT2D eigenvalue weighted by atomic mass is 10.1. The Morgan fingerprint density at radius 3 is 2.77 bits per heavy atom. The molecule has 0 radical (unpaired) electrons. The average Bonchev–Trinajstić information content (AvgIpc) is 2.51. The number of rotatable bonds is 6. The zero-order valence-corrected chi connectivity index (χ0v) is 12.8. The molecule has 0 unspecified atom stereocenters. The van der Waals surface area contributed by atoms with Gasteiger partial charge in [0.05, 0.1) is 7.11 Å². The van der Waals surface area contributed by atoms with Crippen LogP contribution in [0.15, 0.2) is 48.5 Å². The van der Waals surface area contributed by atoms with Crippen LogP contribution in [0.5, 0.6) is 11.5 Å². The van der Waals surface area contributed by atoms with Crippen LogP contribution in [-0.2, 0) is 11.4 Å². The molecule has 2 aromatic rings. The van der Waals surface area contributed by atoms with Crippen molar-refractivity contribution in [1.82, 2.24) is 0 Å². The summed E-state index contributed by atoms with van der Waals surface area (Å²) in [5.41, 5.74) is 6.79. The highest BCUT2D eigenvalue weighted by Gasteiger charge is 2.05. The largest absolute Gasteiger partial charge is 0.496 e. The zero-order valence-electron chi connectivity index (χ0n) is 12.1. The molecule has 0 aliphatic carbocycles. The Kier molecular flexibility index (Phi) is 5.44. The third-order valence-electron chi connectivity index (χ3n) is 2.93. The maximum atomic E-state index is 10.8. The molecular weight excluding hydrogens is 302 g/mol. The molecule has 0 atom stereocenters. The Morgan fingerprint density at radius 2 is 2.09 bits per heavy atom. The lowest BCUT2D eigenvalue weighted by Crippen LogP contribution is -2.05. The van der Waals surface area contributed by atoms with E-state index in [1.807, 2.05) is 30.3 Å². The second kappa shape index (κ2) is 7.52. The minimum atomic E-state index is -0.493. The molecule has 4 nitrogen and oxygen atoms in total. The van der Waals surface area contributed by atoms with Crippen molar-refractivity contribution < 1.29 is 14.3 Å². The molecular formula is C17H16ClNO3. The monoisotopic (exact) mass is 317 g/mol. The zero-order chi connectivity index (χ0) is 15.9. The standard InChI is InChI=1S/C17H16ClNO3/c1-21-16-7-5-12(6-8-17(19)20)9-13(16)11-22-15-4-2-3-14(18)10-15/h2-10H,11H2,1H3,(H2,19,20)/b8-6-. The van der Waals surface area contributed by atoms with E-state index in [2.05, 4.69) is 0 Å². The number of halogens is 1. The normalized spacial score (nSPS) is 10.6. The summed E-state index contributed by atoms with van der Waals surface area (Å²) >= 11 is 5.92. The minimum absolute atomic E-state index is 0.321. The Hall–Kier alpha value is -2.46. The number of amides is 1. The first kappa shape index (κ1) is 15.9. The van der Waals surface area contributed by atoms with Crippen molar-refractivity contribution in [3.8, 4) is 11.5 Å². The summed E-state index contributed by atoms with van der Waals surface area (Å²) in [7, 11) is 1.59. The first-order valence-electron chi connectivity index (χ1n) is 6.61. The van der Waals surface area contributed by atoms with E-state index >= 15 is 0 Å². The van der Waals surface area contributed by atoms with E-state index in [1.165, 1.54) is 6.08 Å². The molecule has 0 bridgehead atoms. The Labute approximate surface area is 134 Å². The van der Waals surface area contributed by atoms with Crippen molar-refractivity contribution in [2.45, 2.75) is 6.61 Å². The molecule has 0 saturated carbocycles. The number of benzene rings is 2. The Balaban J connectivity index is 2.17. The molecule has 0 aliphatic rings. The summed E-state index contributed by atoms with van der Waals surface area (Å²) < 4.78 is 11.0. The van der Waals surface area contributed by atoms with Crippen LogP contribution in [0, 0.1) is 0 Å². The number of hydrogen-bond acceptors (Lipinski definition) is 3. The van der Waals surface area contributed by atoms with Crippen molar-refractivity contribution in [3.05, 3.63) is 64.7 Å². The van der Waals surface area contributed by atoms with Crippen molar-refractivity contribution in [3.63, 3.8) is 0 Å². The summed E-state index contributed by atoms with van der Waals surface area (Å²) in [5, 5.41) is 0.614. The van der Waals surface area contributed by atoms with Crippen LogP contribution in [0.1, 0.15) is 11.1 Å². The van der Waals surface area contributed by atoms with Gasteiger partial charge in [-0.15, -0.1) is 0 Å². The number of methoxy groups -OCH3 is 1. The molecule has 0 spiro atoms. The van der Waals surface area contributed by atoms with Gasteiger partial charge in [-0.05, 0) is 42.0 Å². The fraction of sp³-hybridized carbons (Fsp3) is 0.118. The highest BCUT2D eigenvalue weighted by molar-refractivity contribution is 6.30. The number of primary amides is 1. The van der Waals surface area contributed by atoms with Gasteiger partial charge in [-0.1, -0.05) is 23.7 Å². The van der Waals surface area contributed by atoms with Crippen molar-refractivity contribution in [2.24, 2.45) is 5.73 Å². The van der Waals surface area contributed by atoms with E-state index in [0.29, 0.717) is 23.1 Å². The van der Waals surface area contributed by atoms with E-state index in [4.69, 9.17) is 26.8 Å². The quantitative estimate of drug-likeness (QED) is 0.830. The number of ether oxygens (including phenoxy) is 2. The van der Waals surface area contributed by atoms with Gasteiger partial charge in [0.2, 0.25) is 5.91 Å². The molecule has 0 fully saturated rings. The summed E-state index contributed by atoms with van der Waals surface area (Å²) in [5.74, 6) is 0.887. The van der Waals surface area contributed by atoms with Gasteiger partial charge < -0.3 is 15.2 Å². The fourth-order valence-electron chi connectivity index (χ4n) is 1.91. The molecule has 2 N–H and O–H groups in total. The van der Waals surface area contributed by atoms with Gasteiger partial charge in [-0.2, -0.15) is 0 Å². The average molecular weight is 318 g/mol. The number of carbonyl (C=O) groups is 1. The SMILES string of the molecule is COc1ccc(/C=C\C(N)=O)cc1COc1cccc(Cl)c1. The molecule has 1 amide bonds. The maximum absolute atomic E-state index is 10.8. The van der Waals surface area contributed by atoms with E-state index in [0.717, 1.165) is 11.1 Å².